The number of aryl methyl sites for hydroxylation is 2. The zero-order valence-electron chi connectivity index (χ0n) is 19.6. The molecule has 34 heavy (non-hydrogen) atoms. The lowest BCUT2D eigenvalue weighted by molar-refractivity contribution is 0.126. The van der Waals surface area contributed by atoms with Crippen LogP contribution >= 0.6 is 0 Å². The second-order valence-corrected chi connectivity index (χ2v) is 8.77. The van der Waals surface area contributed by atoms with Crippen LogP contribution in [0.15, 0.2) is 78.9 Å². The highest BCUT2D eigenvalue weighted by Crippen LogP contribution is 2.29. The van der Waals surface area contributed by atoms with Gasteiger partial charge in [0, 0.05) is 31.9 Å². The molecule has 1 fully saturated rings. The summed E-state index contributed by atoms with van der Waals surface area (Å²) in [6.07, 6.45) is 0. The van der Waals surface area contributed by atoms with Gasteiger partial charge in [0.25, 0.3) is 0 Å². The SMILES string of the molecule is Cc1nc2ccc(NC(=O)N3CCN(C(c4ccccc4)c4ccccc4)CC3)cc2nc1C. The van der Waals surface area contributed by atoms with Gasteiger partial charge in [-0.2, -0.15) is 0 Å². The van der Waals surface area contributed by atoms with E-state index >= 15 is 0 Å². The van der Waals surface area contributed by atoms with Gasteiger partial charge in [-0.1, -0.05) is 60.7 Å². The van der Waals surface area contributed by atoms with E-state index in [2.05, 4.69) is 80.8 Å². The predicted octanol–water partition coefficient (Wildman–Crippen LogP) is 5.19. The number of amides is 2. The maximum Gasteiger partial charge on any atom is 0.321 e. The second-order valence-electron chi connectivity index (χ2n) is 8.77. The largest absolute Gasteiger partial charge is 0.322 e. The van der Waals surface area contributed by atoms with Crippen molar-refractivity contribution in [1.29, 1.82) is 0 Å². The molecule has 4 aromatic rings. The van der Waals surface area contributed by atoms with Crippen LogP contribution in [0, 0.1) is 13.8 Å². The van der Waals surface area contributed by atoms with Crippen LogP contribution in [-0.2, 0) is 0 Å². The molecule has 0 aliphatic carbocycles. The van der Waals surface area contributed by atoms with Crippen molar-refractivity contribution < 1.29 is 4.79 Å². The van der Waals surface area contributed by atoms with Gasteiger partial charge in [-0.05, 0) is 43.2 Å². The van der Waals surface area contributed by atoms with Gasteiger partial charge in [-0.15, -0.1) is 0 Å². The standard InChI is InChI=1S/C28H29N5O/c1-20-21(2)30-26-19-24(13-14-25(26)29-20)31-28(34)33-17-15-32(16-18-33)27(22-9-5-3-6-10-22)23-11-7-4-8-12-23/h3-14,19,27H,15-18H2,1-2H3,(H,31,34). The first-order valence-electron chi connectivity index (χ1n) is 11.7. The molecule has 2 amide bonds. The summed E-state index contributed by atoms with van der Waals surface area (Å²) in [6, 6.07) is 27.0. The minimum absolute atomic E-state index is 0.0771. The van der Waals surface area contributed by atoms with Crippen LogP contribution in [0.5, 0.6) is 0 Å². The second kappa shape index (κ2) is 9.61. The zero-order valence-corrected chi connectivity index (χ0v) is 19.6. The van der Waals surface area contributed by atoms with E-state index in [0.717, 1.165) is 41.2 Å². The zero-order chi connectivity index (χ0) is 23.5. The third-order valence-corrected chi connectivity index (χ3v) is 6.52. The van der Waals surface area contributed by atoms with Crippen molar-refractivity contribution in [2.24, 2.45) is 0 Å². The average molecular weight is 452 g/mol. The maximum atomic E-state index is 13.0. The van der Waals surface area contributed by atoms with E-state index < -0.39 is 0 Å². The molecule has 3 aromatic carbocycles. The Morgan fingerprint density at radius 3 is 1.91 bits per heavy atom. The van der Waals surface area contributed by atoms with E-state index in [4.69, 9.17) is 0 Å². The summed E-state index contributed by atoms with van der Waals surface area (Å²) in [6.45, 7) is 6.87. The Balaban J connectivity index is 1.27. The van der Waals surface area contributed by atoms with Gasteiger partial charge >= 0.3 is 6.03 Å². The monoisotopic (exact) mass is 451 g/mol. The van der Waals surface area contributed by atoms with Crippen molar-refractivity contribution in [1.82, 2.24) is 19.8 Å². The Bertz CT molecular complexity index is 1240. The number of anilines is 1. The Kier molecular flexibility index (Phi) is 6.23. The van der Waals surface area contributed by atoms with E-state index in [1.807, 2.05) is 36.9 Å². The third kappa shape index (κ3) is 4.63. The number of urea groups is 1. The fraction of sp³-hybridized carbons (Fsp3) is 0.250. The molecule has 1 aliphatic heterocycles. The lowest BCUT2D eigenvalue weighted by Gasteiger charge is -2.39. The molecule has 0 atom stereocenters. The van der Waals surface area contributed by atoms with Crippen molar-refractivity contribution in [2.75, 3.05) is 31.5 Å². The van der Waals surface area contributed by atoms with Crippen LogP contribution in [0.1, 0.15) is 28.6 Å². The van der Waals surface area contributed by atoms with Crippen LogP contribution in [0.25, 0.3) is 11.0 Å². The molecule has 0 spiro atoms. The summed E-state index contributed by atoms with van der Waals surface area (Å²) in [5.74, 6) is 0. The van der Waals surface area contributed by atoms with Crippen LogP contribution in [0.4, 0.5) is 10.5 Å². The number of hydrogen-bond donors (Lipinski definition) is 1. The van der Waals surface area contributed by atoms with Gasteiger partial charge in [0.15, 0.2) is 0 Å². The molecular formula is C28H29N5O. The number of carbonyl (C=O) groups is 1. The lowest BCUT2D eigenvalue weighted by atomic mass is 9.96. The first-order valence-corrected chi connectivity index (χ1v) is 11.7. The number of piperazine rings is 1. The quantitative estimate of drug-likeness (QED) is 0.464. The van der Waals surface area contributed by atoms with Crippen molar-refractivity contribution in [2.45, 2.75) is 19.9 Å². The number of fused-ring (bicyclic) bond motifs is 1. The fourth-order valence-corrected chi connectivity index (χ4v) is 4.58. The molecule has 172 valence electrons. The van der Waals surface area contributed by atoms with Crippen molar-refractivity contribution in [3.05, 3.63) is 101 Å². The Morgan fingerprint density at radius 1 is 0.765 bits per heavy atom. The van der Waals surface area contributed by atoms with Gasteiger partial charge in [0.05, 0.1) is 28.5 Å². The summed E-state index contributed by atoms with van der Waals surface area (Å²) < 4.78 is 0. The minimum Gasteiger partial charge on any atom is -0.322 e. The first-order chi connectivity index (χ1) is 16.6. The van der Waals surface area contributed by atoms with Crippen LogP contribution < -0.4 is 5.32 Å². The molecule has 5 rings (SSSR count). The number of rotatable bonds is 4. The van der Waals surface area contributed by atoms with E-state index in [9.17, 15) is 4.79 Å². The Hall–Kier alpha value is -3.77. The van der Waals surface area contributed by atoms with Gasteiger partial charge in [0.1, 0.15) is 0 Å². The van der Waals surface area contributed by atoms with E-state index in [1.165, 1.54) is 11.1 Å². The van der Waals surface area contributed by atoms with Crippen molar-refractivity contribution in [3.63, 3.8) is 0 Å². The summed E-state index contributed by atoms with van der Waals surface area (Å²) in [4.78, 5) is 26.5. The number of benzene rings is 3. The normalized spacial score (nSPS) is 14.5. The highest BCUT2D eigenvalue weighted by atomic mass is 16.2. The van der Waals surface area contributed by atoms with E-state index in [1.54, 1.807) is 0 Å². The van der Waals surface area contributed by atoms with Gasteiger partial charge in [0.2, 0.25) is 0 Å². The number of hydrogen-bond acceptors (Lipinski definition) is 4. The molecular weight excluding hydrogens is 422 g/mol. The molecule has 0 unspecified atom stereocenters. The predicted molar refractivity (Wildman–Crippen MR) is 136 cm³/mol. The summed E-state index contributed by atoms with van der Waals surface area (Å²) in [5.41, 5.74) is 6.74. The molecule has 0 bridgehead atoms. The molecule has 1 saturated heterocycles. The molecule has 1 aromatic heterocycles. The summed E-state index contributed by atoms with van der Waals surface area (Å²) >= 11 is 0. The van der Waals surface area contributed by atoms with Gasteiger partial charge < -0.3 is 10.2 Å². The van der Waals surface area contributed by atoms with E-state index in [-0.39, 0.29) is 12.1 Å². The Labute approximate surface area is 200 Å². The number of nitrogens with zero attached hydrogens (tertiary/aromatic N) is 4. The molecule has 0 radical (unpaired) electrons. The maximum absolute atomic E-state index is 13.0. The van der Waals surface area contributed by atoms with Crippen LogP contribution in [0.2, 0.25) is 0 Å². The highest BCUT2D eigenvalue weighted by molar-refractivity contribution is 5.92. The lowest BCUT2D eigenvalue weighted by Crippen LogP contribution is -2.51. The molecule has 0 saturated carbocycles. The molecule has 6 nitrogen and oxygen atoms in total. The number of nitrogens with one attached hydrogen (secondary N) is 1. The summed E-state index contributed by atoms with van der Waals surface area (Å²) in [7, 11) is 0. The number of carbonyl (C=O) groups excluding carboxylic acids is 1. The molecule has 1 N–H and O–H groups in total. The topological polar surface area (TPSA) is 61.4 Å². The third-order valence-electron chi connectivity index (χ3n) is 6.52. The van der Waals surface area contributed by atoms with Crippen molar-refractivity contribution >= 4 is 22.8 Å². The highest BCUT2D eigenvalue weighted by Gasteiger charge is 2.28. The molecule has 1 aliphatic rings. The smallest absolute Gasteiger partial charge is 0.321 e. The van der Waals surface area contributed by atoms with Gasteiger partial charge in [-0.3, -0.25) is 4.90 Å². The minimum atomic E-state index is -0.0771. The van der Waals surface area contributed by atoms with Crippen LogP contribution in [-0.4, -0.2) is 52.0 Å². The fourth-order valence-electron chi connectivity index (χ4n) is 4.58. The summed E-state index contributed by atoms with van der Waals surface area (Å²) in [5, 5.41) is 3.05. The molecule has 2 heterocycles. The average Bonchev–Trinajstić information content (AvgIpc) is 2.87. The molecule has 6 heteroatoms. The first kappa shape index (κ1) is 22.0. The Morgan fingerprint density at radius 2 is 1.32 bits per heavy atom. The number of aromatic nitrogens is 2. The van der Waals surface area contributed by atoms with Crippen LogP contribution in [0.3, 0.4) is 0 Å². The van der Waals surface area contributed by atoms with Crippen molar-refractivity contribution in [3.8, 4) is 0 Å². The van der Waals surface area contributed by atoms with Gasteiger partial charge in [-0.25, -0.2) is 14.8 Å². The van der Waals surface area contributed by atoms with E-state index in [0.29, 0.717) is 13.1 Å².